The van der Waals surface area contributed by atoms with E-state index in [9.17, 15) is 0 Å². The van der Waals surface area contributed by atoms with Gasteiger partial charge in [-0.1, -0.05) is 20.8 Å². The van der Waals surface area contributed by atoms with E-state index < -0.39 is 0 Å². The first-order chi connectivity index (χ1) is 8.60. The third kappa shape index (κ3) is 3.94. The van der Waals surface area contributed by atoms with Crippen molar-refractivity contribution >= 4 is 0 Å². The standard InChI is InChI=1S/C15H33N3/c1-6-14-11-18(10-9-17(14)5)13-15(7-2,8-3)12-16-4/h14,16H,6-13H2,1-5H3. The fraction of sp³-hybridized carbons (Fsp3) is 1.00. The largest absolute Gasteiger partial charge is 0.319 e. The molecule has 1 heterocycles. The highest BCUT2D eigenvalue weighted by atomic mass is 15.3. The first-order valence-corrected chi connectivity index (χ1v) is 7.68. The first-order valence-electron chi connectivity index (χ1n) is 7.68. The molecule has 18 heavy (non-hydrogen) atoms. The fourth-order valence-electron chi connectivity index (χ4n) is 3.22. The van der Waals surface area contributed by atoms with Crippen LogP contribution in [0.15, 0.2) is 0 Å². The van der Waals surface area contributed by atoms with Crippen LogP contribution in [0.1, 0.15) is 40.0 Å². The second-order valence-electron chi connectivity index (χ2n) is 6.02. The normalized spacial score (nSPS) is 23.5. The van der Waals surface area contributed by atoms with Crippen LogP contribution < -0.4 is 5.32 Å². The van der Waals surface area contributed by atoms with Crippen molar-refractivity contribution in [2.45, 2.75) is 46.1 Å². The van der Waals surface area contributed by atoms with E-state index in [4.69, 9.17) is 0 Å². The van der Waals surface area contributed by atoms with E-state index in [-0.39, 0.29) is 0 Å². The van der Waals surface area contributed by atoms with E-state index in [0.29, 0.717) is 5.41 Å². The summed E-state index contributed by atoms with van der Waals surface area (Å²) in [6, 6.07) is 0.750. The molecule has 1 aliphatic rings. The molecule has 1 unspecified atom stereocenters. The molecule has 1 N–H and O–H groups in total. The molecule has 0 radical (unpaired) electrons. The summed E-state index contributed by atoms with van der Waals surface area (Å²) < 4.78 is 0. The maximum Gasteiger partial charge on any atom is 0.0218 e. The molecule has 0 saturated carbocycles. The highest BCUT2D eigenvalue weighted by Crippen LogP contribution is 2.28. The SMILES string of the molecule is CCC1CN(CC(CC)(CC)CNC)CCN1C. The molecule has 0 aromatic rings. The number of nitrogens with one attached hydrogen (secondary N) is 1. The van der Waals surface area contributed by atoms with Crippen LogP contribution in [0.4, 0.5) is 0 Å². The molecule has 0 aromatic heterocycles. The van der Waals surface area contributed by atoms with E-state index in [1.165, 1.54) is 45.4 Å². The molecule has 3 nitrogen and oxygen atoms in total. The molecule has 0 amide bonds. The fourth-order valence-corrected chi connectivity index (χ4v) is 3.22. The van der Waals surface area contributed by atoms with Gasteiger partial charge in [-0.2, -0.15) is 0 Å². The molecule has 1 rings (SSSR count). The second kappa shape index (κ2) is 7.46. The van der Waals surface area contributed by atoms with Gasteiger partial charge in [-0.15, -0.1) is 0 Å². The Morgan fingerprint density at radius 2 is 1.83 bits per heavy atom. The Bertz CT molecular complexity index is 226. The Kier molecular flexibility index (Phi) is 6.61. The smallest absolute Gasteiger partial charge is 0.0218 e. The average Bonchev–Trinajstić information content (AvgIpc) is 2.40. The minimum absolute atomic E-state index is 0.461. The Balaban J connectivity index is 2.59. The second-order valence-corrected chi connectivity index (χ2v) is 6.02. The van der Waals surface area contributed by atoms with Gasteiger partial charge in [0, 0.05) is 38.8 Å². The van der Waals surface area contributed by atoms with Crippen LogP contribution >= 0.6 is 0 Å². The Labute approximate surface area is 114 Å². The molecule has 0 spiro atoms. The highest BCUT2D eigenvalue weighted by Gasteiger charge is 2.31. The molecular weight excluding hydrogens is 222 g/mol. The third-order valence-corrected chi connectivity index (χ3v) is 4.94. The number of rotatable bonds is 7. The topological polar surface area (TPSA) is 18.5 Å². The first kappa shape index (κ1) is 15.9. The van der Waals surface area contributed by atoms with Gasteiger partial charge in [-0.05, 0) is 38.8 Å². The van der Waals surface area contributed by atoms with Gasteiger partial charge in [-0.25, -0.2) is 0 Å². The van der Waals surface area contributed by atoms with Crippen molar-refractivity contribution in [3.63, 3.8) is 0 Å². The quantitative estimate of drug-likeness (QED) is 0.751. The summed E-state index contributed by atoms with van der Waals surface area (Å²) in [5.41, 5.74) is 0.461. The van der Waals surface area contributed by atoms with Crippen LogP contribution in [0.25, 0.3) is 0 Å². The van der Waals surface area contributed by atoms with Gasteiger partial charge in [0.25, 0.3) is 0 Å². The molecule has 0 aromatic carbocycles. The maximum absolute atomic E-state index is 3.40. The van der Waals surface area contributed by atoms with E-state index in [1.54, 1.807) is 0 Å². The van der Waals surface area contributed by atoms with E-state index >= 15 is 0 Å². The lowest BCUT2D eigenvalue weighted by Gasteiger charge is -2.44. The predicted octanol–water partition coefficient (Wildman–Crippen LogP) is 2.04. The van der Waals surface area contributed by atoms with E-state index in [0.717, 1.165) is 12.6 Å². The van der Waals surface area contributed by atoms with Crippen LogP contribution in [0.2, 0.25) is 0 Å². The monoisotopic (exact) mass is 255 g/mol. The lowest BCUT2D eigenvalue weighted by atomic mass is 9.81. The molecule has 0 bridgehead atoms. The molecule has 108 valence electrons. The van der Waals surface area contributed by atoms with Crippen LogP contribution in [-0.4, -0.2) is 62.7 Å². The summed E-state index contributed by atoms with van der Waals surface area (Å²) in [5.74, 6) is 0. The van der Waals surface area contributed by atoms with Crippen molar-refractivity contribution in [2.24, 2.45) is 5.41 Å². The molecular formula is C15H33N3. The van der Waals surface area contributed by atoms with Crippen molar-refractivity contribution in [3.8, 4) is 0 Å². The zero-order valence-corrected chi connectivity index (χ0v) is 13.1. The number of hydrogen-bond donors (Lipinski definition) is 1. The third-order valence-electron chi connectivity index (χ3n) is 4.94. The summed E-state index contributed by atoms with van der Waals surface area (Å²) in [6.45, 7) is 13.1. The molecule has 1 aliphatic heterocycles. The maximum atomic E-state index is 3.40. The van der Waals surface area contributed by atoms with Gasteiger partial charge in [0.05, 0.1) is 0 Å². The Hall–Kier alpha value is -0.120. The Morgan fingerprint density at radius 1 is 1.17 bits per heavy atom. The molecule has 1 saturated heterocycles. The number of hydrogen-bond acceptors (Lipinski definition) is 3. The van der Waals surface area contributed by atoms with Gasteiger partial charge < -0.3 is 10.2 Å². The lowest BCUT2D eigenvalue weighted by Crippen LogP contribution is -2.54. The van der Waals surface area contributed by atoms with Crippen LogP contribution in [0.3, 0.4) is 0 Å². The van der Waals surface area contributed by atoms with Crippen molar-refractivity contribution in [3.05, 3.63) is 0 Å². The summed E-state index contributed by atoms with van der Waals surface area (Å²) in [4.78, 5) is 5.21. The average molecular weight is 255 g/mol. The van der Waals surface area contributed by atoms with Gasteiger partial charge >= 0.3 is 0 Å². The zero-order valence-electron chi connectivity index (χ0n) is 13.1. The minimum atomic E-state index is 0.461. The van der Waals surface area contributed by atoms with E-state index in [1.807, 2.05) is 0 Å². The van der Waals surface area contributed by atoms with Crippen LogP contribution in [0.5, 0.6) is 0 Å². The summed E-state index contributed by atoms with van der Waals surface area (Å²) in [7, 11) is 4.35. The lowest BCUT2D eigenvalue weighted by molar-refractivity contribution is 0.0530. The predicted molar refractivity (Wildman–Crippen MR) is 80.1 cm³/mol. The Morgan fingerprint density at radius 3 is 2.33 bits per heavy atom. The van der Waals surface area contributed by atoms with Crippen molar-refractivity contribution in [1.82, 2.24) is 15.1 Å². The number of nitrogens with zero attached hydrogens (tertiary/aromatic N) is 2. The zero-order chi connectivity index (χ0) is 13.6. The molecule has 1 fully saturated rings. The van der Waals surface area contributed by atoms with Crippen LogP contribution in [0, 0.1) is 5.41 Å². The van der Waals surface area contributed by atoms with Crippen molar-refractivity contribution in [1.29, 1.82) is 0 Å². The molecule has 3 heteroatoms. The minimum Gasteiger partial charge on any atom is -0.319 e. The number of likely N-dealkylation sites (N-methyl/N-ethyl adjacent to an activating group) is 1. The van der Waals surface area contributed by atoms with Crippen molar-refractivity contribution in [2.75, 3.05) is 46.8 Å². The van der Waals surface area contributed by atoms with Crippen LogP contribution in [-0.2, 0) is 0 Å². The van der Waals surface area contributed by atoms with Gasteiger partial charge in [-0.3, -0.25) is 4.90 Å². The van der Waals surface area contributed by atoms with Gasteiger partial charge in [0.2, 0.25) is 0 Å². The summed E-state index contributed by atoms with van der Waals surface area (Å²) in [5, 5.41) is 3.40. The summed E-state index contributed by atoms with van der Waals surface area (Å²) >= 11 is 0. The van der Waals surface area contributed by atoms with Gasteiger partial charge in [0.15, 0.2) is 0 Å². The van der Waals surface area contributed by atoms with Crippen molar-refractivity contribution < 1.29 is 0 Å². The van der Waals surface area contributed by atoms with E-state index in [2.05, 4.69) is 50.0 Å². The molecule has 0 aliphatic carbocycles. The summed E-state index contributed by atoms with van der Waals surface area (Å²) in [6.07, 6.45) is 3.81. The highest BCUT2D eigenvalue weighted by molar-refractivity contribution is 4.87. The number of piperazine rings is 1. The molecule has 1 atom stereocenters. The van der Waals surface area contributed by atoms with Gasteiger partial charge in [0.1, 0.15) is 0 Å².